The van der Waals surface area contributed by atoms with Gasteiger partial charge in [0.15, 0.2) is 0 Å². The Labute approximate surface area is 83.8 Å². The Morgan fingerprint density at radius 3 is 2.50 bits per heavy atom. The topological polar surface area (TPSA) is 4.36 Å². The van der Waals surface area contributed by atoms with Crippen LogP contribution < -0.4 is 0 Å². The second-order valence-corrected chi connectivity index (χ2v) is 3.40. The van der Waals surface area contributed by atoms with E-state index in [1.165, 1.54) is 16.3 Å². The lowest BCUT2D eigenvalue weighted by molar-refractivity contribution is 1.29. The summed E-state index contributed by atoms with van der Waals surface area (Å²) in [7, 11) is 0. The number of rotatable bonds is 1. The van der Waals surface area contributed by atoms with Crippen molar-refractivity contribution in [2.75, 3.05) is 0 Å². The van der Waals surface area contributed by atoms with E-state index in [0.717, 1.165) is 5.56 Å². The maximum Gasteiger partial charge on any atom is 0.240 e. The van der Waals surface area contributed by atoms with Crippen molar-refractivity contribution in [1.82, 2.24) is 0 Å². The van der Waals surface area contributed by atoms with Crippen molar-refractivity contribution in [3.63, 3.8) is 0 Å². The van der Waals surface area contributed by atoms with Gasteiger partial charge in [0.05, 0.1) is 0 Å². The fourth-order valence-electron chi connectivity index (χ4n) is 1.74. The quantitative estimate of drug-likeness (QED) is 0.592. The molecule has 0 aliphatic heterocycles. The second kappa shape index (κ2) is 3.51. The van der Waals surface area contributed by atoms with Crippen molar-refractivity contribution in [2.45, 2.75) is 13.5 Å². The normalized spacial score (nSPS) is 10.0. The minimum Gasteiger partial charge on any atom is -0.312 e. The van der Waals surface area contributed by atoms with Crippen LogP contribution in [0.25, 0.3) is 15.6 Å². The smallest absolute Gasteiger partial charge is 0.240 e. The fraction of sp³-hybridized carbons (Fsp3) is 0.154. The van der Waals surface area contributed by atoms with Crippen LogP contribution in [-0.2, 0) is 6.54 Å². The molecule has 14 heavy (non-hydrogen) atoms. The van der Waals surface area contributed by atoms with Gasteiger partial charge >= 0.3 is 0 Å². The van der Waals surface area contributed by atoms with E-state index in [2.05, 4.69) is 36.0 Å². The Balaban J connectivity index is 2.76. The molecule has 2 rings (SSSR count). The molecule has 0 aliphatic rings. The van der Waals surface area contributed by atoms with Crippen molar-refractivity contribution in [1.29, 1.82) is 0 Å². The minimum atomic E-state index is 0.473. The Morgan fingerprint density at radius 1 is 1.07 bits per heavy atom. The van der Waals surface area contributed by atoms with Crippen LogP contribution in [0.1, 0.15) is 11.1 Å². The zero-order chi connectivity index (χ0) is 9.97. The van der Waals surface area contributed by atoms with Gasteiger partial charge in [-0.05, 0) is 23.3 Å². The average Bonchev–Trinajstić information content (AvgIpc) is 2.23. The maximum atomic E-state index is 6.89. The summed E-state index contributed by atoms with van der Waals surface area (Å²) < 4.78 is 0. The Hall–Kier alpha value is -1.81. The van der Waals surface area contributed by atoms with E-state index in [1.54, 1.807) is 0 Å². The van der Waals surface area contributed by atoms with Crippen LogP contribution in [-0.4, -0.2) is 0 Å². The molecular weight excluding hydrogens is 170 g/mol. The van der Waals surface area contributed by atoms with Crippen LogP contribution in [0.15, 0.2) is 36.4 Å². The number of aryl methyl sites for hydroxylation is 1. The van der Waals surface area contributed by atoms with Gasteiger partial charge in [0.2, 0.25) is 6.54 Å². The van der Waals surface area contributed by atoms with Crippen LogP contribution in [0, 0.1) is 13.5 Å². The summed E-state index contributed by atoms with van der Waals surface area (Å²) in [6, 6.07) is 12.4. The van der Waals surface area contributed by atoms with Gasteiger partial charge in [-0.2, -0.15) is 0 Å². The summed E-state index contributed by atoms with van der Waals surface area (Å²) in [5.74, 6) is 0. The zero-order valence-electron chi connectivity index (χ0n) is 8.12. The highest BCUT2D eigenvalue weighted by atomic mass is 14.6. The third kappa shape index (κ3) is 1.36. The first-order valence-electron chi connectivity index (χ1n) is 4.63. The Morgan fingerprint density at radius 2 is 1.79 bits per heavy atom. The standard InChI is InChI=1S/C13H11N/c1-10-7-8-11(9-14-2)13-6-4-3-5-12(10)13/h3-8H,9H2,1H3. The molecule has 0 bridgehead atoms. The summed E-state index contributed by atoms with van der Waals surface area (Å²) in [6.45, 7) is 9.47. The molecule has 0 aromatic heterocycles. The largest absolute Gasteiger partial charge is 0.312 e. The van der Waals surface area contributed by atoms with Gasteiger partial charge in [-0.25, -0.2) is 6.57 Å². The van der Waals surface area contributed by atoms with E-state index in [-0.39, 0.29) is 0 Å². The number of fused-ring (bicyclic) bond motifs is 1. The van der Waals surface area contributed by atoms with E-state index in [9.17, 15) is 0 Å². The highest BCUT2D eigenvalue weighted by Crippen LogP contribution is 2.22. The monoisotopic (exact) mass is 181 g/mol. The third-order valence-electron chi connectivity index (χ3n) is 2.48. The Bertz CT molecular complexity index is 506. The van der Waals surface area contributed by atoms with Crippen LogP contribution >= 0.6 is 0 Å². The summed E-state index contributed by atoms with van der Waals surface area (Å²) in [5.41, 5.74) is 2.40. The molecule has 0 aliphatic carbocycles. The van der Waals surface area contributed by atoms with Gasteiger partial charge < -0.3 is 4.85 Å². The van der Waals surface area contributed by atoms with Crippen molar-refractivity contribution < 1.29 is 0 Å². The molecule has 0 fully saturated rings. The average molecular weight is 181 g/mol. The lowest BCUT2D eigenvalue weighted by Crippen LogP contribution is -1.85. The molecule has 1 nitrogen and oxygen atoms in total. The molecule has 2 aromatic rings. The van der Waals surface area contributed by atoms with Crippen LogP contribution in [0.2, 0.25) is 0 Å². The van der Waals surface area contributed by atoms with Crippen molar-refractivity contribution >= 4 is 10.8 Å². The molecule has 68 valence electrons. The lowest BCUT2D eigenvalue weighted by Gasteiger charge is -2.04. The molecule has 0 N–H and O–H groups in total. The van der Waals surface area contributed by atoms with E-state index < -0.39 is 0 Å². The fourth-order valence-corrected chi connectivity index (χ4v) is 1.74. The molecule has 0 heterocycles. The first kappa shape index (κ1) is 8.77. The van der Waals surface area contributed by atoms with Crippen LogP contribution in [0.5, 0.6) is 0 Å². The zero-order valence-corrected chi connectivity index (χ0v) is 8.12. The number of hydrogen-bond donors (Lipinski definition) is 0. The number of hydrogen-bond acceptors (Lipinski definition) is 0. The summed E-state index contributed by atoms with van der Waals surface area (Å²) in [4.78, 5) is 3.44. The van der Waals surface area contributed by atoms with Gasteiger partial charge in [0, 0.05) is 5.56 Å². The van der Waals surface area contributed by atoms with Gasteiger partial charge in [0.25, 0.3) is 0 Å². The first-order valence-corrected chi connectivity index (χ1v) is 4.63. The number of nitrogens with zero attached hydrogens (tertiary/aromatic N) is 1. The maximum absolute atomic E-state index is 6.89. The molecule has 1 heteroatoms. The summed E-state index contributed by atoms with van der Waals surface area (Å²) in [6.07, 6.45) is 0. The van der Waals surface area contributed by atoms with E-state index in [4.69, 9.17) is 6.57 Å². The Kier molecular flexibility index (Phi) is 2.20. The van der Waals surface area contributed by atoms with Crippen LogP contribution in [0.4, 0.5) is 0 Å². The first-order chi connectivity index (χ1) is 6.83. The SMILES string of the molecule is [C-]#[N+]Cc1ccc(C)c2ccccc12. The van der Waals surface area contributed by atoms with Gasteiger partial charge in [0.1, 0.15) is 0 Å². The molecule has 0 saturated carbocycles. The highest BCUT2D eigenvalue weighted by Gasteiger charge is 2.03. The molecular formula is C13H11N. The molecule has 0 unspecified atom stereocenters. The van der Waals surface area contributed by atoms with E-state index in [0.29, 0.717) is 6.54 Å². The van der Waals surface area contributed by atoms with Gasteiger partial charge in [-0.1, -0.05) is 36.4 Å². The third-order valence-corrected chi connectivity index (χ3v) is 2.48. The van der Waals surface area contributed by atoms with E-state index in [1.807, 2.05) is 12.1 Å². The number of benzene rings is 2. The molecule has 2 aromatic carbocycles. The van der Waals surface area contributed by atoms with Crippen LogP contribution in [0.3, 0.4) is 0 Å². The predicted octanol–water partition coefficient (Wildman–Crippen LogP) is 3.57. The van der Waals surface area contributed by atoms with Crippen molar-refractivity contribution in [3.05, 3.63) is 58.9 Å². The highest BCUT2D eigenvalue weighted by molar-refractivity contribution is 5.88. The lowest BCUT2D eigenvalue weighted by atomic mass is 10.0. The van der Waals surface area contributed by atoms with E-state index >= 15 is 0 Å². The van der Waals surface area contributed by atoms with Crippen molar-refractivity contribution in [3.8, 4) is 0 Å². The van der Waals surface area contributed by atoms with Gasteiger partial charge in [-0.3, -0.25) is 0 Å². The predicted molar refractivity (Wildman–Crippen MR) is 59.0 cm³/mol. The second-order valence-electron chi connectivity index (χ2n) is 3.40. The molecule has 0 amide bonds. The summed E-state index contributed by atoms with van der Waals surface area (Å²) >= 11 is 0. The molecule has 0 atom stereocenters. The molecule has 0 saturated heterocycles. The summed E-state index contributed by atoms with van der Waals surface area (Å²) in [5, 5.41) is 2.47. The molecule has 0 radical (unpaired) electrons. The molecule has 0 spiro atoms. The van der Waals surface area contributed by atoms with Gasteiger partial charge in [-0.15, -0.1) is 0 Å². The van der Waals surface area contributed by atoms with Crippen molar-refractivity contribution in [2.24, 2.45) is 0 Å². The minimum absolute atomic E-state index is 0.473.